The van der Waals surface area contributed by atoms with Crippen molar-refractivity contribution < 1.29 is 19.4 Å². The number of carboxylic acid groups (broad SMARTS) is 1. The molecule has 0 aromatic heterocycles. The van der Waals surface area contributed by atoms with Gasteiger partial charge in [0.1, 0.15) is 11.3 Å². The minimum absolute atomic E-state index is 0.0739. The number of amides is 1. The number of hydrogen-bond donors (Lipinski definition) is 2. The smallest absolute Gasteiger partial charge is 0.341 e. The molecule has 0 aliphatic carbocycles. The molecule has 0 bridgehead atoms. The molecule has 0 saturated carbocycles. The van der Waals surface area contributed by atoms with Crippen LogP contribution in [0.15, 0.2) is 18.2 Å². The minimum Gasteiger partial charge on any atom is -0.480 e. The van der Waals surface area contributed by atoms with Crippen LogP contribution in [0, 0.1) is 5.92 Å². The Morgan fingerprint density at radius 1 is 1.35 bits per heavy atom. The first-order valence-electron chi connectivity index (χ1n) is 6.29. The molecule has 0 heterocycles. The van der Waals surface area contributed by atoms with Crippen molar-refractivity contribution in [3.05, 3.63) is 28.8 Å². The molecule has 1 unspecified atom stereocenters. The van der Waals surface area contributed by atoms with E-state index in [9.17, 15) is 9.59 Å². The molecule has 1 atom stereocenters. The molecule has 6 heteroatoms. The first-order valence-corrected chi connectivity index (χ1v) is 6.67. The van der Waals surface area contributed by atoms with E-state index in [2.05, 4.69) is 5.32 Å². The van der Waals surface area contributed by atoms with Crippen molar-refractivity contribution >= 4 is 23.5 Å². The summed E-state index contributed by atoms with van der Waals surface area (Å²) in [4.78, 5) is 22.9. The summed E-state index contributed by atoms with van der Waals surface area (Å²) < 4.78 is 5.40. The zero-order valence-electron chi connectivity index (χ0n) is 11.6. The number of hydrogen-bond acceptors (Lipinski definition) is 3. The second-order valence-electron chi connectivity index (χ2n) is 4.82. The van der Waals surface area contributed by atoms with Gasteiger partial charge in [-0.2, -0.15) is 0 Å². The molecule has 5 nitrogen and oxygen atoms in total. The molecule has 20 heavy (non-hydrogen) atoms. The van der Waals surface area contributed by atoms with Gasteiger partial charge in [0.15, 0.2) is 6.10 Å². The number of carbonyl (C=O) groups is 2. The van der Waals surface area contributed by atoms with Crippen LogP contribution in [-0.4, -0.2) is 29.6 Å². The van der Waals surface area contributed by atoms with Gasteiger partial charge in [-0.3, -0.25) is 4.79 Å². The molecular formula is C14H18ClNO4. The predicted molar refractivity (Wildman–Crippen MR) is 76.3 cm³/mol. The molecular weight excluding hydrogens is 282 g/mol. The summed E-state index contributed by atoms with van der Waals surface area (Å²) in [7, 11) is 0. The van der Waals surface area contributed by atoms with E-state index in [-0.39, 0.29) is 22.2 Å². The van der Waals surface area contributed by atoms with Crippen LogP contribution < -0.4 is 10.1 Å². The molecule has 0 saturated heterocycles. The second kappa shape index (κ2) is 7.14. The maximum atomic E-state index is 11.8. The number of rotatable bonds is 6. The van der Waals surface area contributed by atoms with Crippen molar-refractivity contribution in [3.8, 4) is 5.75 Å². The lowest BCUT2D eigenvalue weighted by Gasteiger charge is -2.17. The number of halogens is 1. The van der Waals surface area contributed by atoms with Crippen molar-refractivity contribution in [2.24, 2.45) is 5.92 Å². The summed E-state index contributed by atoms with van der Waals surface area (Å²) in [6, 6.07) is 4.51. The van der Waals surface area contributed by atoms with Crippen molar-refractivity contribution in [2.75, 3.05) is 6.54 Å². The Hall–Kier alpha value is -1.75. The normalized spacial score (nSPS) is 12.1. The molecule has 0 aliphatic rings. The van der Waals surface area contributed by atoms with Crippen LogP contribution in [-0.2, 0) is 4.79 Å². The zero-order chi connectivity index (χ0) is 15.3. The van der Waals surface area contributed by atoms with Crippen molar-refractivity contribution in [3.63, 3.8) is 0 Å². The van der Waals surface area contributed by atoms with E-state index in [4.69, 9.17) is 21.4 Å². The molecule has 0 radical (unpaired) electrons. The number of nitrogens with one attached hydrogen (secondary N) is 1. The van der Waals surface area contributed by atoms with E-state index < -0.39 is 12.1 Å². The lowest BCUT2D eigenvalue weighted by atomic mass is 10.2. The van der Waals surface area contributed by atoms with Gasteiger partial charge >= 0.3 is 5.97 Å². The lowest BCUT2D eigenvalue weighted by molar-refractivity contribution is -0.127. The Balaban J connectivity index is 2.80. The van der Waals surface area contributed by atoms with Gasteiger partial charge in [-0.1, -0.05) is 31.5 Å². The fourth-order valence-electron chi connectivity index (χ4n) is 1.50. The maximum absolute atomic E-state index is 11.8. The van der Waals surface area contributed by atoms with Crippen LogP contribution in [0.4, 0.5) is 0 Å². The third kappa shape index (κ3) is 4.42. The van der Waals surface area contributed by atoms with Crippen LogP contribution in [0.2, 0.25) is 5.02 Å². The highest BCUT2D eigenvalue weighted by Crippen LogP contribution is 2.27. The Morgan fingerprint density at radius 2 is 2.00 bits per heavy atom. The number of ether oxygens (including phenoxy) is 1. The van der Waals surface area contributed by atoms with E-state index >= 15 is 0 Å². The van der Waals surface area contributed by atoms with Gasteiger partial charge in [-0.05, 0) is 25.0 Å². The lowest BCUT2D eigenvalue weighted by Crippen LogP contribution is -2.38. The molecule has 0 aliphatic heterocycles. The largest absolute Gasteiger partial charge is 0.480 e. The zero-order valence-corrected chi connectivity index (χ0v) is 12.4. The second-order valence-corrected chi connectivity index (χ2v) is 5.22. The predicted octanol–water partition coefficient (Wildman–Crippen LogP) is 2.58. The van der Waals surface area contributed by atoms with E-state index in [0.29, 0.717) is 12.5 Å². The average molecular weight is 300 g/mol. The Labute approximate surface area is 122 Å². The molecule has 1 aromatic carbocycles. The molecule has 1 amide bonds. The molecule has 110 valence electrons. The third-order valence-electron chi connectivity index (χ3n) is 2.55. The van der Waals surface area contributed by atoms with Gasteiger partial charge in [0.25, 0.3) is 5.91 Å². The number of benzene rings is 1. The molecule has 0 fully saturated rings. The number of aromatic carboxylic acids is 1. The Kier molecular flexibility index (Phi) is 5.82. The van der Waals surface area contributed by atoms with Gasteiger partial charge in [0.05, 0.1) is 5.02 Å². The van der Waals surface area contributed by atoms with Gasteiger partial charge in [-0.25, -0.2) is 4.79 Å². The van der Waals surface area contributed by atoms with Gasteiger partial charge in [0, 0.05) is 6.54 Å². The van der Waals surface area contributed by atoms with E-state index in [1.54, 1.807) is 13.0 Å². The third-order valence-corrected chi connectivity index (χ3v) is 2.86. The Morgan fingerprint density at radius 3 is 2.55 bits per heavy atom. The van der Waals surface area contributed by atoms with Crippen molar-refractivity contribution in [2.45, 2.75) is 26.9 Å². The summed E-state index contributed by atoms with van der Waals surface area (Å²) in [5.41, 5.74) is -0.141. The minimum atomic E-state index is -1.19. The van der Waals surface area contributed by atoms with Gasteiger partial charge in [-0.15, -0.1) is 0 Å². The quantitative estimate of drug-likeness (QED) is 0.846. The summed E-state index contributed by atoms with van der Waals surface area (Å²) in [6.45, 7) is 6.05. The van der Waals surface area contributed by atoms with Crippen molar-refractivity contribution in [1.82, 2.24) is 5.32 Å². The maximum Gasteiger partial charge on any atom is 0.341 e. The fraction of sp³-hybridized carbons (Fsp3) is 0.429. The fourth-order valence-corrected chi connectivity index (χ4v) is 1.75. The average Bonchev–Trinajstić information content (AvgIpc) is 2.35. The van der Waals surface area contributed by atoms with E-state index in [1.165, 1.54) is 12.1 Å². The van der Waals surface area contributed by atoms with Crippen LogP contribution in [0.1, 0.15) is 31.1 Å². The first-order chi connectivity index (χ1) is 9.32. The number of carboxylic acids is 1. The van der Waals surface area contributed by atoms with Gasteiger partial charge < -0.3 is 15.2 Å². The van der Waals surface area contributed by atoms with Crippen LogP contribution in [0.25, 0.3) is 0 Å². The van der Waals surface area contributed by atoms with Crippen molar-refractivity contribution in [1.29, 1.82) is 0 Å². The monoisotopic (exact) mass is 299 g/mol. The SMILES string of the molecule is CC(C)CNC(=O)C(C)Oc1cccc(Cl)c1C(=O)O. The molecule has 2 N–H and O–H groups in total. The standard InChI is InChI=1S/C14H18ClNO4/c1-8(2)7-16-13(17)9(3)20-11-6-4-5-10(15)12(11)14(18)19/h4-6,8-9H,7H2,1-3H3,(H,16,17)(H,18,19). The highest BCUT2D eigenvalue weighted by Gasteiger charge is 2.20. The summed E-state index contributed by atoms with van der Waals surface area (Å²) in [5, 5.41) is 11.9. The van der Waals surface area contributed by atoms with E-state index in [0.717, 1.165) is 0 Å². The van der Waals surface area contributed by atoms with Crippen LogP contribution in [0.3, 0.4) is 0 Å². The first kappa shape index (κ1) is 16.3. The molecule has 0 spiro atoms. The highest BCUT2D eigenvalue weighted by molar-refractivity contribution is 6.33. The Bertz CT molecular complexity index is 502. The van der Waals surface area contributed by atoms with Gasteiger partial charge in [0.2, 0.25) is 0 Å². The summed E-state index contributed by atoms with van der Waals surface area (Å²) in [5.74, 6) is -1.08. The summed E-state index contributed by atoms with van der Waals surface area (Å²) in [6.07, 6.45) is -0.801. The van der Waals surface area contributed by atoms with Crippen LogP contribution in [0.5, 0.6) is 5.75 Å². The molecule has 1 aromatic rings. The summed E-state index contributed by atoms with van der Waals surface area (Å²) >= 11 is 5.83. The molecule has 1 rings (SSSR count). The number of carbonyl (C=O) groups excluding carboxylic acids is 1. The van der Waals surface area contributed by atoms with E-state index in [1.807, 2.05) is 13.8 Å². The topological polar surface area (TPSA) is 75.6 Å². The highest BCUT2D eigenvalue weighted by atomic mass is 35.5. The van der Waals surface area contributed by atoms with Crippen LogP contribution >= 0.6 is 11.6 Å².